The van der Waals surface area contributed by atoms with Crippen molar-refractivity contribution in [1.29, 1.82) is 0 Å². The number of hydrogen-bond donors (Lipinski definition) is 1. The van der Waals surface area contributed by atoms with E-state index in [-0.39, 0.29) is 0 Å². The maximum absolute atomic E-state index is 3.60. The standard InChI is InChI=1S/C16H32N2/c1-14(2)13-18(16-9-10-16)12-6-4-3-5-11-17-15-7-8-15/h14-17H,3-13H2,1-2H3. The molecule has 106 valence electrons. The van der Waals surface area contributed by atoms with Crippen LogP contribution in [0.1, 0.15) is 65.2 Å². The van der Waals surface area contributed by atoms with Gasteiger partial charge in [0, 0.05) is 18.6 Å². The maximum atomic E-state index is 3.60. The van der Waals surface area contributed by atoms with Crippen LogP contribution in [0.4, 0.5) is 0 Å². The van der Waals surface area contributed by atoms with Gasteiger partial charge in [-0.15, -0.1) is 0 Å². The minimum atomic E-state index is 0.827. The lowest BCUT2D eigenvalue weighted by atomic mass is 10.1. The van der Waals surface area contributed by atoms with Crippen LogP contribution in [0.5, 0.6) is 0 Å². The van der Waals surface area contributed by atoms with E-state index >= 15 is 0 Å². The molecule has 0 heterocycles. The highest BCUT2D eigenvalue weighted by atomic mass is 15.2. The van der Waals surface area contributed by atoms with E-state index in [4.69, 9.17) is 0 Å². The van der Waals surface area contributed by atoms with E-state index < -0.39 is 0 Å². The average molecular weight is 252 g/mol. The minimum absolute atomic E-state index is 0.827. The average Bonchev–Trinajstić information content (AvgIpc) is 3.17. The van der Waals surface area contributed by atoms with Crippen molar-refractivity contribution in [3.63, 3.8) is 0 Å². The molecule has 2 heteroatoms. The van der Waals surface area contributed by atoms with Crippen LogP contribution in [0.15, 0.2) is 0 Å². The normalized spacial score (nSPS) is 20.0. The van der Waals surface area contributed by atoms with Crippen LogP contribution in [0.25, 0.3) is 0 Å². The van der Waals surface area contributed by atoms with Crippen LogP contribution >= 0.6 is 0 Å². The van der Waals surface area contributed by atoms with Gasteiger partial charge in [0.15, 0.2) is 0 Å². The Morgan fingerprint density at radius 3 is 2.33 bits per heavy atom. The molecule has 2 saturated carbocycles. The van der Waals surface area contributed by atoms with E-state index in [1.54, 1.807) is 0 Å². The zero-order valence-corrected chi connectivity index (χ0v) is 12.5. The molecule has 0 unspecified atom stereocenters. The van der Waals surface area contributed by atoms with Gasteiger partial charge in [-0.25, -0.2) is 0 Å². The third-order valence-corrected chi connectivity index (χ3v) is 4.05. The van der Waals surface area contributed by atoms with Gasteiger partial charge in [-0.3, -0.25) is 0 Å². The summed E-state index contributed by atoms with van der Waals surface area (Å²) in [6, 6.07) is 1.84. The molecule has 2 nitrogen and oxygen atoms in total. The Hall–Kier alpha value is -0.0800. The van der Waals surface area contributed by atoms with Gasteiger partial charge < -0.3 is 10.2 Å². The lowest BCUT2D eigenvalue weighted by Gasteiger charge is -2.23. The van der Waals surface area contributed by atoms with Gasteiger partial charge in [0.2, 0.25) is 0 Å². The maximum Gasteiger partial charge on any atom is 0.00965 e. The van der Waals surface area contributed by atoms with Crippen LogP contribution in [-0.4, -0.2) is 36.6 Å². The Labute approximate surface area is 114 Å². The summed E-state index contributed by atoms with van der Waals surface area (Å²) in [5.74, 6) is 0.827. The van der Waals surface area contributed by atoms with E-state index in [0.717, 1.165) is 18.0 Å². The monoisotopic (exact) mass is 252 g/mol. The molecule has 0 radical (unpaired) electrons. The third-order valence-electron chi connectivity index (χ3n) is 4.05. The van der Waals surface area contributed by atoms with Gasteiger partial charge >= 0.3 is 0 Å². The molecule has 0 spiro atoms. The fourth-order valence-corrected chi connectivity index (χ4v) is 2.72. The largest absolute Gasteiger partial charge is 0.314 e. The number of rotatable bonds is 11. The van der Waals surface area contributed by atoms with Crippen LogP contribution < -0.4 is 5.32 Å². The zero-order chi connectivity index (χ0) is 12.8. The highest BCUT2D eigenvalue weighted by molar-refractivity contribution is 4.84. The SMILES string of the molecule is CC(C)CN(CCCCCCNC1CC1)C1CC1. The number of hydrogen-bond acceptors (Lipinski definition) is 2. The Kier molecular flexibility index (Phi) is 5.97. The summed E-state index contributed by atoms with van der Waals surface area (Å²) in [7, 11) is 0. The summed E-state index contributed by atoms with van der Waals surface area (Å²) in [6.07, 6.45) is 11.4. The molecule has 0 aromatic rings. The van der Waals surface area contributed by atoms with Gasteiger partial charge in [-0.1, -0.05) is 26.7 Å². The van der Waals surface area contributed by atoms with E-state index in [2.05, 4.69) is 24.1 Å². The summed E-state index contributed by atoms with van der Waals surface area (Å²) >= 11 is 0. The fourth-order valence-electron chi connectivity index (χ4n) is 2.72. The highest BCUT2D eigenvalue weighted by Gasteiger charge is 2.28. The van der Waals surface area contributed by atoms with Crippen molar-refractivity contribution in [1.82, 2.24) is 10.2 Å². The first-order valence-corrected chi connectivity index (χ1v) is 8.23. The zero-order valence-electron chi connectivity index (χ0n) is 12.5. The second-order valence-corrected chi connectivity index (χ2v) is 6.76. The molecule has 18 heavy (non-hydrogen) atoms. The van der Waals surface area contributed by atoms with Crippen molar-refractivity contribution in [2.45, 2.75) is 77.3 Å². The van der Waals surface area contributed by atoms with E-state index in [0.29, 0.717) is 0 Å². The molecule has 0 amide bonds. The first-order chi connectivity index (χ1) is 8.75. The lowest BCUT2D eigenvalue weighted by molar-refractivity contribution is 0.229. The number of nitrogens with one attached hydrogen (secondary N) is 1. The van der Waals surface area contributed by atoms with Gasteiger partial charge in [-0.2, -0.15) is 0 Å². The van der Waals surface area contributed by atoms with Crippen LogP contribution in [-0.2, 0) is 0 Å². The second kappa shape index (κ2) is 7.49. The lowest BCUT2D eigenvalue weighted by Crippen LogP contribution is -2.31. The van der Waals surface area contributed by atoms with Gasteiger partial charge in [0.25, 0.3) is 0 Å². The number of nitrogens with zero attached hydrogens (tertiary/aromatic N) is 1. The molecular formula is C16H32N2. The summed E-state index contributed by atoms with van der Waals surface area (Å²) in [6.45, 7) is 8.60. The molecular weight excluding hydrogens is 220 g/mol. The minimum Gasteiger partial charge on any atom is -0.314 e. The summed E-state index contributed by atoms with van der Waals surface area (Å²) in [5.41, 5.74) is 0. The van der Waals surface area contributed by atoms with E-state index in [1.165, 1.54) is 71.0 Å². The summed E-state index contributed by atoms with van der Waals surface area (Å²) in [5, 5.41) is 3.60. The second-order valence-electron chi connectivity index (χ2n) is 6.76. The molecule has 1 N–H and O–H groups in total. The molecule has 2 rings (SSSR count). The molecule has 2 fully saturated rings. The molecule has 2 aliphatic carbocycles. The fraction of sp³-hybridized carbons (Fsp3) is 1.00. The van der Waals surface area contributed by atoms with Gasteiger partial charge in [-0.05, 0) is 57.5 Å². The Bertz CT molecular complexity index is 219. The predicted octanol–water partition coefficient (Wildman–Crippen LogP) is 3.42. The molecule has 0 aliphatic heterocycles. The molecule has 0 bridgehead atoms. The van der Waals surface area contributed by atoms with Crippen LogP contribution in [0, 0.1) is 5.92 Å². The van der Waals surface area contributed by atoms with Gasteiger partial charge in [0.1, 0.15) is 0 Å². The first kappa shape index (κ1) is 14.3. The Morgan fingerprint density at radius 2 is 1.72 bits per heavy atom. The summed E-state index contributed by atoms with van der Waals surface area (Å²) in [4.78, 5) is 2.74. The smallest absolute Gasteiger partial charge is 0.00965 e. The van der Waals surface area contributed by atoms with Crippen LogP contribution in [0.2, 0.25) is 0 Å². The first-order valence-electron chi connectivity index (χ1n) is 8.23. The van der Waals surface area contributed by atoms with Crippen molar-refractivity contribution < 1.29 is 0 Å². The quantitative estimate of drug-likeness (QED) is 0.567. The Balaban J connectivity index is 1.42. The van der Waals surface area contributed by atoms with Crippen molar-refractivity contribution in [2.75, 3.05) is 19.6 Å². The van der Waals surface area contributed by atoms with E-state index in [1.807, 2.05) is 0 Å². The molecule has 0 saturated heterocycles. The Morgan fingerprint density at radius 1 is 1.00 bits per heavy atom. The summed E-state index contributed by atoms with van der Waals surface area (Å²) < 4.78 is 0. The predicted molar refractivity (Wildman–Crippen MR) is 78.9 cm³/mol. The van der Waals surface area contributed by atoms with E-state index in [9.17, 15) is 0 Å². The highest BCUT2D eigenvalue weighted by Crippen LogP contribution is 2.27. The van der Waals surface area contributed by atoms with Gasteiger partial charge in [0.05, 0.1) is 0 Å². The molecule has 0 aromatic carbocycles. The van der Waals surface area contributed by atoms with Crippen LogP contribution in [0.3, 0.4) is 0 Å². The van der Waals surface area contributed by atoms with Crippen molar-refractivity contribution in [3.8, 4) is 0 Å². The van der Waals surface area contributed by atoms with Crippen molar-refractivity contribution in [2.24, 2.45) is 5.92 Å². The molecule has 0 aromatic heterocycles. The molecule has 2 aliphatic rings. The molecule has 0 atom stereocenters. The van der Waals surface area contributed by atoms with Crippen molar-refractivity contribution >= 4 is 0 Å². The third kappa shape index (κ3) is 6.19. The van der Waals surface area contributed by atoms with Crippen molar-refractivity contribution in [3.05, 3.63) is 0 Å². The number of unbranched alkanes of at least 4 members (excludes halogenated alkanes) is 3. The topological polar surface area (TPSA) is 15.3 Å².